The van der Waals surface area contributed by atoms with Crippen LogP contribution in [-0.2, 0) is 11.4 Å². The molecule has 5 nitrogen and oxygen atoms in total. The fraction of sp³-hybridized carbons (Fsp3) is 0.120. The predicted molar refractivity (Wildman–Crippen MR) is 129 cm³/mol. The van der Waals surface area contributed by atoms with Gasteiger partial charge in [-0.3, -0.25) is 4.79 Å². The Hall–Kier alpha value is -3.28. The second kappa shape index (κ2) is 9.47. The molecule has 0 bridgehead atoms. The second-order valence-corrected chi connectivity index (χ2v) is 7.97. The molecule has 0 aromatic heterocycles. The van der Waals surface area contributed by atoms with Gasteiger partial charge in [-0.05, 0) is 55.0 Å². The Kier molecular flexibility index (Phi) is 6.49. The molecule has 0 N–H and O–H groups in total. The van der Waals surface area contributed by atoms with Gasteiger partial charge in [0.1, 0.15) is 6.61 Å². The van der Waals surface area contributed by atoms with E-state index < -0.39 is 0 Å². The Balaban J connectivity index is 1.54. The number of hydrogen-bond acceptors (Lipinski definition) is 4. The van der Waals surface area contributed by atoms with Crippen LogP contribution < -0.4 is 14.5 Å². The van der Waals surface area contributed by atoms with Crippen molar-refractivity contribution in [3.05, 3.63) is 93.5 Å². The van der Waals surface area contributed by atoms with E-state index in [4.69, 9.17) is 32.7 Å². The SMILES string of the molecule is COc1cc(C=C2C(=O)N(c3ccccc3)N=C2C)ccc1OCc1ccc(Cl)cc1Cl. The van der Waals surface area contributed by atoms with Gasteiger partial charge in [0.2, 0.25) is 0 Å². The van der Waals surface area contributed by atoms with E-state index in [9.17, 15) is 4.79 Å². The molecule has 7 heteroatoms. The third kappa shape index (κ3) is 4.64. The quantitative estimate of drug-likeness (QED) is 0.395. The lowest BCUT2D eigenvalue weighted by atomic mass is 10.1. The maximum absolute atomic E-state index is 12.9. The molecule has 0 unspecified atom stereocenters. The molecular weight excluding hydrogens is 447 g/mol. The number of amides is 1. The summed E-state index contributed by atoms with van der Waals surface area (Å²) >= 11 is 12.2. The van der Waals surface area contributed by atoms with Gasteiger partial charge < -0.3 is 9.47 Å². The first kappa shape index (κ1) is 21.9. The second-order valence-electron chi connectivity index (χ2n) is 7.13. The minimum atomic E-state index is -0.176. The molecule has 0 spiro atoms. The minimum absolute atomic E-state index is 0.176. The Morgan fingerprint density at radius 1 is 1.00 bits per heavy atom. The fourth-order valence-corrected chi connectivity index (χ4v) is 3.75. The maximum Gasteiger partial charge on any atom is 0.280 e. The van der Waals surface area contributed by atoms with Gasteiger partial charge in [-0.15, -0.1) is 0 Å². The molecule has 1 heterocycles. The molecule has 32 heavy (non-hydrogen) atoms. The Labute approximate surface area is 196 Å². The Bertz CT molecular complexity index is 1220. The smallest absolute Gasteiger partial charge is 0.280 e. The topological polar surface area (TPSA) is 51.1 Å². The van der Waals surface area contributed by atoms with Crippen molar-refractivity contribution < 1.29 is 14.3 Å². The summed E-state index contributed by atoms with van der Waals surface area (Å²) in [5.41, 5.74) is 3.51. The molecule has 1 aliphatic rings. The summed E-state index contributed by atoms with van der Waals surface area (Å²) in [6, 6.07) is 20.1. The van der Waals surface area contributed by atoms with Gasteiger partial charge >= 0.3 is 0 Å². The van der Waals surface area contributed by atoms with Crippen LogP contribution in [0.1, 0.15) is 18.1 Å². The summed E-state index contributed by atoms with van der Waals surface area (Å²) < 4.78 is 11.4. The average molecular weight is 467 g/mol. The molecule has 0 atom stereocenters. The van der Waals surface area contributed by atoms with Crippen LogP contribution in [-0.4, -0.2) is 18.7 Å². The monoisotopic (exact) mass is 466 g/mol. The van der Waals surface area contributed by atoms with Gasteiger partial charge in [-0.25, -0.2) is 0 Å². The number of benzene rings is 3. The van der Waals surface area contributed by atoms with Crippen LogP contribution >= 0.6 is 23.2 Å². The minimum Gasteiger partial charge on any atom is -0.493 e. The molecule has 3 aromatic carbocycles. The summed E-state index contributed by atoms with van der Waals surface area (Å²) in [6.07, 6.45) is 1.80. The molecule has 0 fully saturated rings. The number of anilines is 1. The largest absolute Gasteiger partial charge is 0.493 e. The van der Waals surface area contributed by atoms with Gasteiger partial charge in [-0.2, -0.15) is 10.1 Å². The molecule has 0 aliphatic carbocycles. The summed E-state index contributed by atoms with van der Waals surface area (Å²) in [6.45, 7) is 2.08. The van der Waals surface area contributed by atoms with Crippen LogP contribution in [0.25, 0.3) is 6.08 Å². The third-order valence-electron chi connectivity index (χ3n) is 4.96. The van der Waals surface area contributed by atoms with Gasteiger partial charge in [0, 0.05) is 15.6 Å². The van der Waals surface area contributed by atoms with Crippen LogP contribution in [0.15, 0.2) is 77.4 Å². The summed E-state index contributed by atoms with van der Waals surface area (Å²) in [5, 5.41) is 6.92. The number of hydrogen-bond donors (Lipinski definition) is 0. The zero-order valence-corrected chi connectivity index (χ0v) is 19.0. The highest BCUT2D eigenvalue weighted by atomic mass is 35.5. The van der Waals surface area contributed by atoms with E-state index in [-0.39, 0.29) is 12.5 Å². The van der Waals surface area contributed by atoms with Crippen LogP contribution in [0.5, 0.6) is 11.5 Å². The Morgan fingerprint density at radius 2 is 1.78 bits per heavy atom. The van der Waals surface area contributed by atoms with Crippen molar-refractivity contribution in [2.75, 3.05) is 12.1 Å². The number of carbonyl (C=O) groups excluding carboxylic acids is 1. The number of nitrogens with zero attached hydrogens (tertiary/aromatic N) is 2. The number of hydrazone groups is 1. The number of ether oxygens (including phenoxy) is 2. The van der Waals surface area contributed by atoms with Gasteiger partial charge in [0.05, 0.1) is 24.1 Å². The van der Waals surface area contributed by atoms with Gasteiger partial charge in [0.15, 0.2) is 11.5 Å². The number of rotatable bonds is 6. The zero-order valence-electron chi connectivity index (χ0n) is 17.5. The lowest BCUT2D eigenvalue weighted by Gasteiger charge is -2.13. The molecule has 162 valence electrons. The highest BCUT2D eigenvalue weighted by molar-refractivity contribution is 6.35. The summed E-state index contributed by atoms with van der Waals surface area (Å²) in [5.74, 6) is 0.935. The standard InChI is InChI=1S/C25H20Cl2N2O3/c1-16-21(25(30)29(28-16)20-6-4-3-5-7-20)12-17-8-11-23(24(13-17)31-2)32-15-18-9-10-19(26)14-22(18)27/h3-14H,15H2,1-2H3. The number of halogens is 2. The van der Waals surface area contributed by atoms with Crippen molar-refractivity contribution >= 4 is 46.6 Å². The summed E-state index contributed by atoms with van der Waals surface area (Å²) in [7, 11) is 1.57. The van der Waals surface area contributed by atoms with E-state index >= 15 is 0 Å². The van der Waals surface area contributed by atoms with Crippen molar-refractivity contribution in [2.45, 2.75) is 13.5 Å². The van der Waals surface area contributed by atoms with Crippen LogP contribution in [0.3, 0.4) is 0 Å². The summed E-state index contributed by atoms with van der Waals surface area (Å²) in [4.78, 5) is 12.9. The van der Waals surface area contributed by atoms with Crippen molar-refractivity contribution in [3.63, 3.8) is 0 Å². The van der Waals surface area contributed by atoms with E-state index in [1.54, 1.807) is 31.4 Å². The van der Waals surface area contributed by atoms with Crippen molar-refractivity contribution in [2.24, 2.45) is 5.10 Å². The van der Waals surface area contributed by atoms with Crippen LogP contribution in [0.2, 0.25) is 10.0 Å². The number of methoxy groups -OCH3 is 1. The molecule has 4 rings (SSSR count). The van der Waals surface area contributed by atoms with E-state index in [1.807, 2.05) is 55.5 Å². The maximum atomic E-state index is 12.9. The zero-order chi connectivity index (χ0) is 22.7. The van der Waals surface area contributed by atoms with Crippen molar-refractivity contribution in [3.8, 4) is 11.5 Å². The number of carbonyl (C=O) groups is 1. The van der Waals surface area contributed by atoms with Crippen molar-refractivity contribution in [1.29, 1.82) is 0 Å². The highest BCUT2D eigenvalue weighted by Gasteiger charge is 2.28. The van der Waals surface area contributed by atoms with E-state index in [2.05, 4.69) is 5.10 Å². The highest BCUT2D eigenvalue weighted by Crippen LogP contribution is 2.32. The van der Waals surface area contributed by atoms with E-state index in [0.29, 0.717) is 32.8 Å². The van der Waals surface area contributed by atoms with E-state index in [1.165, 1.54) is 5.01 Å². The molecule has 0 radical (unpaired) electrons. The first-order valence-electron chi connectivity index (χ1n) is 9.88. The van der Waals surface area contributed by atoms with E-state index in [0.717, 1.165) is 16.8 Å². The first-order valence-corrected chi connectivity index (χ1v) is 10.6. The lowest BCUT2D eigenvalue weighted by Crippen LogP contribution is -2.21. The molecule has 1 amide bonds. The molecule has 0 saturated carbocycles. The normalized spacial score (nSPS) is 14.6. The lowest BCUT2D eigenvalue weighted by molar-refractivity contribution is -0.114. The molecule has 1 aliphatic heterocycles. The first-order chi connectivity index (χ1) is 15.5. The fourth-order valence-electron chi connectivity index (χ4n) is 3.28. The third-order valence-corrected chi connectivity index (χ3v) is 5.55. The molecule has 3 aromatic rings. The van der Waals surface area contributed by atoms with Gasteiger partial charge in [-0.1, -0.05) is 53.5 Å². The molecule has 0 saturated heterocycles. The average Bonchev–Trinajstić information content (AvgIpc) is 3.08. The van der Waals surface area contributed by atoms with Crippen LogP contribution in [0, 0.1) is 0 Å². The van der Waals surface area contributed by atoms with Crippen LogP contribution in [0.4, 0.5) is 5.69 Å². The number of para-hydroxylation sites is 1. The molecular formula is C25H20Cl2N2O3. The van der Waals surface area contributed by atoms with Crippen molar-refractivity contribution in [1.82, 2.24) is 0 Å². The predicted octanol–water partition coefficient (Wildman–Crippen LogP) is 6.39. The van der Waals surface area contributed by atoms with Gasteiger partial charge in [0.25, 0.3) is 5.91 Å². The Morgan fingerprint density at radius 3 is 2.50 bits per heavy atom.